The lowest BCUT2D eigenvalue weighted by Gasteiger charge is -2.39. The topological polar surface area (TPSA) is 137 Å². The SMILES string of the molecule is CC1OC(Oc2cc(O)ccc2C(=O)CCc2ccc(O)cc2)C(O)C(O)C1O. The second-order valence-corrected chi connectivity index (χ2v) is 7.07. The molecule has 29 heavy (non-hydrogen) atoms. The number of benzene rings is 2. The molecule has 1 aliphatic rings. The predicted octanol–water partition coefficient (Wildman–Crippen LogP) is 1.12. The summed E-state index contributed by atoms with van der Waals surface area (Å²) in [5, 5.41) is 49.0. The number of aromatic hydroxyl groups is 2. The summed E-state index contributed by atoms with van der Waals surface area (Å²) < 4.78 is 11.0. The summed E-state index contributed by atoms with van der Waals surface area (Å²) in [7, 11) is 0. The predicted molar refractivity (Wildman–Crippen MR) is 102 cm³/mol. The maximum atomic E-state index is 12.7. The number of rotatable bonds is 6. The molecule has 0 radical (unpaired) electrons. The molecule has 8 heteroatoms. The Balaban J connectivity index is 1.75. The number of hydrogen-bond acceptors (Lipinski definition) is 8. The van der Waals surface area contributed by atoms with Gasteiger partial charge in [0.25, 0.3) is 0 Å². The van der Waals surface area contributed by atoms with Crippen LogP contribution < -0.4 is 4.74 Å². The number of aliphatic hydroxyl groups excluding tert-OH is 3. The number of aryl methyl sites for hydroxylation is 1. The van der Waals surface area contributed by atoms with Crippen molar-refractivity contribution in [3.05, 3.63) is 53.6 Å². The van der Waals surface area contributed by atoms with E-state index in [0.717, 1.165) is 5.56 Å². The highest BCUT2D eigenvalue weighted by Crippen LogP contribution is 2.30. The molecule has 1 aliphatic heterocycles. The molecule has 2 aromatic rings. The lowest BCUT2D eigenvalue weighted by atomic mass is 9.99. The molecule has 0 spiro atoms. The molecule has 0 aliphatic carbocycles. The van der Waals surface area contributed by atoms with Gasteiger partial charge in [-0.15, -0.1) is 0 Å². The fourth-order valence-electron chi connectivity index (χ4n) is 3.13. The van der Waals surface area contributed by atoms with Crippen LogP contribution in [0.15, 0.2) is 42.5 Å². The van der Waals surface area contributed by atoms with Crippen molar-refractivity contribution in [3.8, 4) is 17.2 Å². The van der Waals surface area contributed by atoms with E-state index in [2.05, 4.69) is 0 Å². The van der Waals surface area contributed by atoms with Crippen molar-refractivity contribution in [1.29, 1.82) is 0 Å². The number of carbonyl (C=O) groups is 1. The number of phenolic OH excluding ortho intramolecular Hbond substituents is 2. The van der Waals surface area contributed by atoms with Gasteiger partial charge in [-0.3, -0.25) is 4.79 Å². The van der Waals surface area contributed by atoms with Gasteiger partial charge in [-0.1, -0.05) is 12.1 Å². The molecule has 0 amide bonds. The van der Waals surface area contributed by atoms with Crippen molar-refractivity contribution < 1.29 is 39.8 Å². The molecule has 5 unspecified atom stereocenters. The molecule has 1 saturated heterocycles. The lowest BCUT2D eigenvalue weighted by molar-refractivity contribution is -0.268. The highest BCUT2D eigenvalue weighted by molar-refractivity contribution is 5.99. The smallest absolute Gasteiger partial charge is 0.229 e. The van der Waals surface area contributed by atoms with Crippen molar-refractivity contribution in [2.45, 2.75) is 50.5 Å². The Kier molecular flexibility index (Phi) is 6.39. The van der Waals surface area contributed by atoms with E-state index in [4.69, 9.17) is 9.47 Å². The fourth-order valence-corrected chi connectivity index (χ4v) is 3.13. The van der Waals surface area contributed by atoms with Gasteiger partial charge < -0.3 is 35.0 Å². The Bertz CT molecular complexity index is 850. The zero-order chi connectivity index (χ0) is 21.1. The summed E-state index contributed by atoms with van der Waals surface area (Å²) in [5.41, 5.74) is 1.06. The third-order valence-electron chi connectivity index (χ3n) is 4.89. The van der Waals surface area contributed by atoms with E-state index in [0.29, 0.717) is 6.42 Å². The molecular weight excluding hydrogens is 380 g/mol. The summed E-state index contributed by atoms with van der Waals surface area (Å²) in [6.07, 6.45) is -5.83. The minimum Gasteiger partial charge on any atom is -0.508 e. The normalized spacial score (nSPS) is 26.8. The molecule has 0 aromatic heterocycles. The average Bonchev–Trinajstić information content (AvgIpc) is 2.70. The van der Waals surface area contributed by atoms with Crippen LogP contribution in [-0.4, -0.2) is 62.0 Å². The Morgan fingerprint density at radius 1 is 0.966 bits per heavy atom. The number of carbonyl (C=O) groups excluding carboxylic acids is 1. The monoisotopic (exact) mass is 404 g/mol. The molecular formula is C21H24O8. The first kappa shape index (κ1) is 21.1. The van der Waals surface area contributed by atoms with Crippen LogP contribution in [0.25, 0.3) is 0 Å². The number of Topliss-reactive ketones (excluding diaryl/α,β-unsaturated/α-hetero) is 1. The first-order valence-corrected chi connectivity index (χ1v) is 9.26. The highest BCUT2D eigenvalue weighted by atomic mass is 16.7. The third kappa shape index (κ3) is 4.86. The number of phenols is 2. The van der Waals surface area contributed by atoms with E-state index in [1.807, 2.05) is 0 Å². The molecule has 3 rings (SSSR count). The van der Waals surface area contributed by atoms with Crippen molar-refractivity contribution in [3.63, 3.8) is 0 Å². The van der Waals surface area contributed by atoms with Gasteiger partial charge in [-0.2, -0.15) is 0 Å². The molecule has 156 valence electrons. The molecule has 8 nitrogen and oxygen atoms in total. The van der Waals surface area contributed by atoms with Gasteiger partial charge in [0.1, 0.15) is 35.6 Å². The highest BCUT2D eigenvalue weighted by Gasteiger charge is 2.43. The Morgan fingerprint density at radius 3 is 2.31 bits per heavy atom. The van der Waals surface area contributed by atoms with E-state index >= 15 is 0 Å². The Hall–Kier alpha value is -2.65. The van der Waals surface area contributed by atoms with Crippen LogP contribution in [0.4, 0.5) is 0 Å². The molecule has 5 atom stereocenters. The van der Waals surface area contributed by atoms with Gasteiger partial charge in [0.15, 0.2) is 5.78 Å². The Labute approximate surface area is 167 Å². The van der Waals surface area contributed by atoms with Crippen LogP contribution in [0.5, 0.6) is 17.2 Å². The molecule has 1 heterocycles. The quantitative estimate of drug-likeness (QED) is 0.452. The summed E-state index contributed by atoms with van der Waals surface area (Å²) in [4.78, 5) is 12.7. The van der Waals surface area contributed by atoms with Crippen molar-refractivity contribution >= 4 is 5.78 Å². The van der Waals surface area contributed by atoms with Crippen molar-refractivity contribution in [2.24, 2.45) is 0 Å². The minimum absolute atomic E-state index is 0.000505. The summed E-state index contributed by atoms with van der Waals surface area (Å²) >= 11 is 0. The second-order valence-electron chi connectivity index (χ2n) is 7.07. The molecule has 1 fully saturated rings. The second kappa shape index (κ2) is 8.79. The minimum atomic E-state index is -1.54. The molecule has 5 N–H and O–H groups in total. The van der Waals surface area contributed by atoms with Crippen LogP contribution in [0, 0.1) is 0 Å². The maximum Gasteiger partial charge on any atom is 0.229 e. The molecule has 0 saturated carbocycles. The van der Waals surface area contributed by atoms with Crippen LogP contribution in [0.3, 0.4) is 0 Å². The van der Waals surface area contributed by atoms with Gasteiger partial charge in [0.2, 0.25) is 6.29 Å². The van der Waals surface area contributed by atoms with Gasteiger partial charge in [-0.05, 0) is 43.2 Å². The van der Waals surface area contributed by atoms with Crippen LogP contribution in [-0.2, 0) is 11.2 Å². The maximum absolute atomic E-state index is 12.7. The van der Waals surface area contributed by atoms with E-state index in [-0.39, 0.29) is 35.0 Å². The standard InChI is InChI=1S/C21H24O8/c1-11-18(25)19(26)20(27)21(28-11)29-17-10-14(23)7-8-15(17)16(24)9-4-12-2-5-13(22)6-3-12/h2-3,5-8,10-11,18-23,25-27H,4,9H2,1H3. The lowest BCUT2D eigenvalue weighted by Crippen LogP contribution is -2.58. The molecule has 2 aromatic carbocycles. The van der Waals surface area contributed by atoms with E-state index < -0.39 is 30.7 Å². The van der Waals surface area contributed by atoms with Gasteiger partial charge >= 0.3 is 0 Å². The summed E-state index contributed by atoms with van der Waals surface area (Å²) in [6.45, 7) is 1.52. The first-order chi connectivity index (χ1) is 13.8. The number of ether oxygens (including phenoxy) is 2. The zero-order valence-corrected chi connectivity index (χ0v) is 15.8. The zero-order valence-electron chi connectivity index (χ0n) is 15.8. The van der Waals surface area contributed by atoms with Crippen molar-refractivity contribution in [1.82, 2.24) is 0 Å². The Morgan fingerprint density at radius 2 is 1.62 bits per heavy atom. The largest absolute Gasteiger partial charge is 0.508 e. The van der Waals surface area contributed by atoms with Crippen LogP contribution >= 0.6 is 0 Å². The van der Waals surface area contributed by atoms with E-state index in [1.165, 1.54) is 37.3 Å². The number of aliphatic hydroxyl groups is 3. The number of ketones is 1. The van der Waals surface area contributed by atoms with Gasteiger partial charge in [0.05, 0.1) is 11.7 Å². The van der Waals surface area contributed by atoms with E-state index in [1.54, 1.807) is 12.1 Å². The molecule has 0 bridgehead atoms. The summed E-state index contributed by atoms with van der Waals surface area (Å²) in [6, 6.07) is 10.5. The van der Waals surface area contributed by atoms with E-state index in [9.17, 15) is 30.3 Å². The van der Waals surface area contributed by atoms with Crippen LogP contribution in [0.2, 0.25) is 0 Å². The van der Waals surface area contributed by atoms with Crippen molar-refractivity contribution in [2.75, 3.05) is 0 Å². The first-order valence-electron chi connectivity index (χ1n) is 9.26. The van der Waals surface area contributed by atoms with Gasteiger partial charge in [-0.25, -0.2) is 0 Å². The average molecular weight is 404 g/mol. The fraction of sp³-hybridized carbons (Fsp3) is 0.381. The van der Waals surface area contributed by atoms with Crippen LogP contribution in [0.1, 0.15) is 29.3 Å². The number of hydrogen-bond donors (Lipinski definition) is 5. The third-order valence-corrected chi connectivity index (χ3v) is 4.89. The van der Waals surface area contributed by atoms with Gasteiger partial charge in [0, 0.05) is 12.5 Å². The summed E-state index contributed by atoms with van der Waals surface area (Å²) in [5.74, 6) is -0.261.